The predicted molar refractivity (Wildman–Crippen MR) is 70.3 cm³/mol. The fourth-order valence-corrected chi connectivity index (χ4v) is 2.07. The first-order valence-electron chi connectivity index (χ1n) is 5.98. The normalized spacial score (nSPS) is 10.7. The summed E-state index contributed by atoms with van der Waals surface area (Å²) in [6.07, 6.45) is 2.51. The van der Waals surface area contributed by atoms with Crippen LogP contribution >= 0.6 is 0 Å². The summed E-state index contributed by atoms with van der Waals surface area (Å²) in [6.45, 7) is 2.31. The van der Waals surface area contributed by atoms with Crippen LogP contribution in [0.3, 0.4) is 0 Å². The summed E-state index contributed by atoms with van der Waals surface area (Å²) in [5.41, 5.74) is 1.83. The Morgan fingerprint density at radius 1 is 1.42 bits per heavy atom. The molecule has 0 saturated carbocycles. The third-order valence-electron chi connectivity index (χ3n) is 3.03. The molecule has 0 aliphatic carbocycles. The maximum Gasteiger partial charge on any atom is 0.341 e. The second-order valence-electron chi connectivity index (χ2n) is 4.36. The van der Waals surface area contributed by atoms with Gasteiger partial charge in [-0.3, -0.25) is 9.36 Å². The lowest BCUT2D eigenvalue weighted by Crippen LogP contribution is -2.13. The second-order valence-corrected chi connectivity index (χ2v) is 4.36. The summed E-state index contributed by atoms with van der Waals surface area (Å²) in [6, 6.07) is 1.94. The molecule has 0 unspecified atom stereocenters. The third kappa shape index (κ3) is 2.59. The summed E-state index contributed by atoms with van der Waals surface area (Å²) < 4.78 is 3.36. The Bertz CT molecular complexity index is 599. The van der Waals surface area contributed by atoms with Crippen LogP contribution in [0.15, 0.2) is 12.3 Å². The van der Waals surface area contributed by atoms with Crippen molar-refractivity contribution in [3.63, 3.8) is 0 Å². The number of nitrogens with zero attached hydrogens (tertiary/aromatic N) is 4. The number of aromatic nitrogens is 4. The minimum absolute atomic E-state index is 0.229. The number of hydrogen-bond acceptors (Lipinski definition) is 4. The van der Waals surface area contributed by atoms with E-state index in [0.29, 0.717) is 18.1 Å². The van der Waals surface area contributed by atoms with Gasteiger partial charge >= 0.3 is 5.97 Å². The molecule has 0 aliphatic rings. The molecule has 2 aromatic rings. The number of aryl methyl sites for hydroxylation is 3. The van der Waals surface area contributed by atoms with Crippen molar-refractivity contribution in [3.05, 3.63) is 29.2 Å². The van der Waals surface area contributed by atoms with Gasteiger partial charge in [0, 0.05) is 39.0 Å². The molecular weight excluding hydrogens is 246 g/mol. The minimum atomic E-state index is -0.964. The molecule has 0 atom stereocenters. The van der Waals surface area contributed by atoms with Gasteiger partial charge in [-0.1, -0.05) is 0 Å². The lowest BCUT2D eigenvalue weighted by atomic mass is 10.2. The first-order chi connectivity index (χ1) is 9.00. The Balaban J connectivity index is 2.08. The topological polar surface area (TPSA) is 85.0 Å². The summed E-state index contributed by atoms with van der Waals surface area (Å²) in [4.78, 5) is 11.2. The van der Waals surface area contributed by atoms with E-state index in [9.17, 15) is 9.90 Å². The standard InChI is InChI=1S/C12H17N5O2/c1-8-10(12(18)19)11(17(3)15-8)13-6-4-9-5-7-14-16(9)2/h5,7,13H,4,6H2,1-3H3,(H,18,19). The minimum Gasteiger partial charge on any atom is -0.477 e. The van der Waals surface area contributed by atoms with Crippen LogP contribution in [0.1, 0.15) is 21.7 Å². The van der Waals surface area contributed by atoms with E-state index in [2.05, 4.69) is 15.5 Å². The number of nitrogens with one attached hydrogen (secondary N) is 1. The van der Waals surface area contributed by atoms with E-state index in [1.54, 1.807) is 29.5 Å². The number of carboxylic acids is 1. The van der Waals surface area contributed by atoms with Crippen LogP contribution in [0.5, 0.6) is 0 Å². The highest BCUT2D eigenvalue weighted by Gasteiger charge is 2.19. The molecule has 0 bridgehead atoms. The zero-order chi connectivity index (χ0) is 14.0. The van der Waals surface area contributed by atoms with Crippen molar-refractivity contribution in [1.29, 1.82) is 0 Å². The molecule has 7 nitrogen and oxygen atoms in total. The van der Waals surface area contributed by atoms with E-state index >= 15 is 0 Å². The Morgan fingerprint density at radius 2 is 2.16 bits per heavy atom. The number of hydrogen-bond donors (Lipinski definition) is 2. The second kappa shape index (κ2) is 5.13. The van der Waals surface area contributed by atoms with Crippen LogP contribution in [0.4, 0.5) is 5.82 Å². The Hall–Kier alpha value is -2.31. The van der Waals surface area contributed by atoms with Gasteiger partial charge < -0.3 is 10.4 Å². The summed E-state index contributed by atoms with van der Waals surface area (Å²) in [5, 5.41) is 20.5. The first kappa shape index (κ1) is 13.1. The molecule has 102 valence electrons. The van der Waals surface area contributed by atoms with Crippen molar-refractivity contribution in [3.8, 4) is 0 Å². The molecule has 0 fully saturated rings. The lowest BCUT2D eigenvalue weighted by molar-refractivity contribution is 0.0697. The molecule has 2 rings (SSSR count). The van der Waals surface area contributed by atoms with Crippen molar-refractivity contribution in [1.82, 2.24) is 19.6 Å². The molecule has 2 N–H and O–H groups in total. The molecule has 0 saturated heterocycles. The Kier molecular flexibility index (Phi) is 3.55. The highest BCUT2D eigenvalue weighted by atomic mass is 16.4. The summed E-state index contributed by atoms with van der Waals surface area (Å²) in [5.74, 6) is -0.430. The van der Waals surface area contributed by atoms with Gasteiger partial charge in [0.15, 0.2) is 0 Å². The van der Waals surface area contributed by atoms with E-state index in [0.717, 1.165) is 12.1 Å². The van der Waals surface area contributed by atoms with E-state index in [-0.39, 0.29) is 5.56 Å². The van der Waals surface area contributed by atoms with Crippen molar-refractivity contribution >= 4 is 11.8 Å². The average Bonchev–Trinajstić information content (AvgIpc) is 2.84. The Morgan fingerprint density at radius 3 is 2.74 bits per heavy atom. The average molecular weight is 263 g/mol. The number of aromatic carboxylic acids is 1. The molecular formula is C12H17N5O2. The predicted octanol–water partition coefficient (Wildman–Crippen LogP) is 0.815. The van der Waals surface area contributed by atoms with Crippen LogP contribution < -0.4 is 5.32 Å². The van der Waals surface area contributed by atoms with Gasteiger partial charge in [-0.2, -0.15) is 10.2 Å². The lowest BCUT2D eigenvalue weighted by Gasteiger charge is -2.08. The van der Waals surface area contributed by atoms with E-state index in [1.165, 1.54) is 0 Å². The van der Waals surface area contributed by atoms with Crippen molar-refractivity contribution in [2.75, 3.05) is 11.9 Å². The summed E-state index contributed by atoms with van der Waals surface area (Å²) >= 11 is 0. The van der Waals surface area contributed by atoms with E-state index in [4.69, 9.17) is 0 Å². The molecule has 2 aromatic heterocycles. The third-order valence-corrected chi connectivity index (χ3v) is 3.03. The van der Waals surface area contributed by atoms with Gasteiger partial charge in [-0.05, 0) is 13.0 Å². The maximum absolute atomic E-state index is 11.2. The highest BCUT2D eigenvalue weighted by molar-refractivity contribution is 5.94. The van der Waals surface area contributed by atoms with Gasteiger partial charge in [0.25, 0.3) is 0 Å². The Labute approximate surface area is 110 Å². The summed E-state index contributed by atoms with van der Waals surface area (Å²) in [7, 11) is 3.61. The van der Waals surface area contributed by atoms with Gasteiger partial charge in [-0.15, -0.1) is 0 Å². The van der Waals surface area contributed by atoms with Crippen LogP contribution in [0.2, 0.25) is 0 Å². The molecule has 7 heteroatoms. The number of carboxylic acid groups (broad SMARTS) is 1. The monoisotopic (exact) mass is 263 g/mol. The van der Waals surface area contributed by atoms with Crippen LogP contribution in [-0.4, -0.2) is 37.2 Å². The molecule has 19 heavy (non-hydrogen) atoms. The highest BCUT2D eigenvalue weighted by Crippen LogP contribution is 2.18. The SMILES string of the molecule is Cc1nn(C)c(NCCc2ccnn2C)c1C(=O)O. The molecule has 0 spiro atoms. The quantitative estimate of drug-likeness (QED) is 0.834. The van der Waals surface area contributed by atoms with Crippen LogP contribution in [-0.2, 0) is 20.5 Å². The first-order valence-corrected chi connectivity index (χ1v) is 5.98. The van der Waals surface area contributed by atoms with Crippen molar-refractivity contribution in [2.24, 2.45) is 14.1 Å². The number of anilines is 1. The zero-order valence-corrected chi connectivity index (χ0v) is 11.2. The van der Waals surface area contributed by atoms with Crippen molar-refractivity contribution < 1.29 is 9.90 Å². The van der Waals surface area contributed by atoms with Crippen LogP contribution in [0, 0.1) is 6.92 Å². The number of rotatable bonds is 5. The molecule has 0 aromatic carbocycles. The fraction of sp³-hybridized carbons (Fsp3) is 0.417. The van der Waals surface area contributed by atoms with E-state index < -0.39 is 5.97 Å². The maximum atomic E-state index is 11.2. The molecule has 0 aliphatic heterocycles. The van der Waals surface area contributed by atoms with Gasteiger partial charge in [0.2, 0.25) is 0 Å². The molecule has 0 radical (unpaired) electrons. The van der Waals surface area contributed by atoms with E-state index in [1.807, 2.05) is 13.1 Å². The smallest absolute Gasteiger partial charge is 0.341 e. The number of carbonyl (C=O) groups is 1. The van der Waals surface area contributed by atoms with Gasteiger partial charge in [0.05, 0.1) is 5.69 Å². The molecule has 0 amide bonds. The van der Waals surface area contributed by atoms with Gasteiger partial charge in [-0.25, -0.2) is 4.79 Å². The zero-order valence-electron chi connectivity index (χ0n) is 11.2. The van der Waals surface area contributed by atoms with Gasteiger partial charge in [0.1, 0.15) is 11.4 Å². The molecule has 2 heterocycles. The van der Waals surface area contributed by atoms with Crippen LogP contribution in [0.25, 0.3) is 0 Å². The fourth-order valence-electron chi connectivity index (χ4n) is 2.07. The largest absolute Gasteiger partial charge is 0.477 e. The van der Waals surface area contributed by atoms with Crippen molar-refractivity contribution in [2.45, 2.75) is 13.3 Å².